The summed E-state index contributed by atoms with van der Waals surface area (Å²) in [6.07, 6.45) is 1.08. The van der Waals surface area contributed by atoms with Crippen molar-refractivity contribution in [1.29, 1.82) is 0 Å². The van der Waals surface area contributed by atoms with Gasteiger partial charge in [-0.1, -0.05) is 91.9 Å². The number of aryl methyl sites for hydroxylation is 1. The molecule has 25 heavy (non-hydrogen) atoms. The van der Waals surface area contributed by atoms with Gasteiger partial charge in [-0.2, -0.15) is 0 Å². The summed E-state index contributed by atoms with van der Waals surface area (Å²) in [6, 6.07) is 30.6. The summed E-state index contributed by atoms with van der Waals surface area (Å²) >= 11 is -3.76. The standard InChI is InChI=1S/C20H19P.HIO3/c1-2-17-11-9-10-16-20(17)21(18-12-5-3-6-13-18)19-14-7-4-8-15-19;2-1(3)4/h3-16H,2H2,1H3;2H. The second-order valence-corrected chi connectivity index (χ2v) is 8.52. The Kier molecular flexibility index (Phi) is 8.52. The average Bonchev–Trinajstić information content (AvgIpc) is 2.64. The molecule has 0 radical (unpaired) electrons. The van der Waals surface area contributed by atoms with E-state index in [1.54, 1.807) is 0 Å². The molecule has 3 nitrogen and oxygen atoms in total. The lowest BCUT2D eigenvalue weighted by Crippen LogP contribution is -3.98. The van der Waals surface area contributed by atoms with Crippen LogP contribution < -0.4 is 43.8 Å². The lowest BCUT2D eigenvalue weighted by Gasteiger charge is -2.21. The smallest absolute Gasteiger partial charge is 0.396 e. The van der Waals surface area contributed by atoms with Gasteiger partial charge in [0.05, 0.1) is 0 Å². The molecule has 0 unspecified atom stereocenters. The maximum Gasteiger partial charge on any atom is 0.503 e. The SMILES string of the molecule is CCc1ccccc1P(c1ccccc1)c1ccccc1.[O-][I+2]([O-])O. The summed E-state index contributed by atoms with van der Waals surface area (Å²) in [5.41, 5.74) is 1.45. The highest BCUT2D eigenvalue weighted by atomic mass is 127. The Morgan fingerprint density at radius 3 is 1.60 bits per heavy atom. The van der Waals surface area contributed by atoms with Crippen molar-refractivity contribution < 1.29 is 31.4 Å². The van der Waals surface area contributed by atoms with Gasteiger partial charge in [-0.15, -0.1) is 0 Å². The molecule has 0 aliphatic carbocycles. The van der Waals surface area contributed by atoms with Gasteiger partial charge in [0.1, 0.15) is 0 Å². The first-order valence-corrected chi connectivity index (χ1v) is 11.9. The highest BCUT2D eigenvalue weighted by Gasteiger charge is 2.18. The van der Waals surface area contributed by atoms with Gasteiger partial charge >= 0.3 is 21.1 Å². The predicted octanol–water partition coefficient (Wildman–Crippen LogP) is -1.92. The molecule has 1 N–H and O–H groups in total. The summed E-state index contributed by atoms with van der Waals surface area (Å²) in [6.45, 7) is 2.24. The van der Waals surface area contributed by atoms with Gasteiger partial charge in [-0.05, 0) is 39.3 Å². The van der Waals surface area contributed by atoms with Crippen LogP contribution in [0.4, 0.5) is 0 Å². The fourth-order valence-electron chi connectivity index (χ4n) is 2.61. The van der Waals surface area contributed by atoms with Crippen LogP contribution in [-0.4, -0.2) is 3.44 Å². The zero-order valence-corrected chi connectivity index (χ0v) is 16.9. The van der Waals surface area contributed by atoms with Crippen molar-refractivity contribution in [3.63, 3.8) is 0 Å². The maximum absolute atomic E-state index is 8.68. The zero-order chi connectivity index (χ0) is 18.1. The lowest BCUT2D eigenvalue weighted by atomic mass is 10.2. The first-order valence-electron chi connectivity index (χ1n) is 7.86. The fourth-order valence-corrected chi connectivity index (χ4v) is 5.16. The third-order valence-corrected chi connectivity index (χ3v) is 6.19. The molecule has 0 amide bonds. The summed E-state index contributed by atoms with van der Waals surface area (Å²) < 4.78 is 24.5. The topological polar surface area (TPSA) is 66.3 Å². The predicted molar refractivity (Wildman–Crippen MR) is 96.7 cm³/mol. The molecule has 0 heterocycles. The first kappa shape index (κ1) is 20.0. The monoisotopic (exact) mass is 466 g/mol. The molecule has 0 aliphatic heterocycles. The van der Waals surface area contributed by atoms with Crippen LogP contribution in [0.25, 0.3) is 0 Å². The molecule has 0 atom stereocenters. The van der Waals surface area contributed by atoms with Gasteiger partial charge in [0.25, 0.3) is 0 Å². The van der Waals surface area contributed by atoms with E-state index in [0.29, 0.717) is 0 Å². The van der Waals surface area contributed by atoms with Crippen LogP contribution in [0.1, 0.15) is 12.5 Å². The van der Waals surface area contributed by atoms with Gasteiger partial charge in [0, 0.05) is 0 Å². The van der Waals surface area contributed by atoms with Crippen molar-refractivity contribution in [2.75, 3.05) is 0 Å². The summed E-state index contributed by atoms with van der Waals surface area (Å²) in [4.78, 5) is 0. The summed E-state index contributed by atoms with van der Waals surface area (Å²) in [5, 5.41) is 4.31. The van der Waals surface area contributed by atoms with Gasteiger partial charge in [0.15, 0.2) is 0 Å². The summed E-state index contributed by atoms with van der Waals surface area (Å²) in [5.74, 6) is 0. The minimum absolute atomic E-state index is 0.473. The lowest BCUT2D eigenvalue weighted by molar-refractivity contribution is -1.63. The maximum atomic E-state index is 8.68. The van der Waals surface area contributed by atoms with Crippen molar-refractivity contribution >= 4 is 23.8 Å². The number of hydrogen-bond acceptors (Lipinski definition) is 3. The number of benzene rings is 3. The molecule has 0 saturated heterocycles. The third kappa shape index (κ3) is 6.17. The Balaban J connectivity index is 0.000000511. The van der Waals surface area contributed by atoms with E-state index >= 15 is 0 Å². The van der Waals surface area contributed by atoms with E-state index in [9.17, 15) is 0 Å². The molecular weight excluding hydrogens is 446 g/mol. The number of halogens is 1. The Hall–Kier alpha value is -1.30. The molecule has 5 heteroatoms. The van der Waals surface area contributed by atoms with E-state index in [1.165, 1.54) is 21.5 Å². The van der Waals surface area contributed by atoms with Gasteiger partial charge < -0.3 is 6.87 Å². The Morgan fingerprint density at radius 1 is 0.760 bits per heavy atom. The molecule has 0 aliphatic rings. The van der Waals surface area contributed by atoms with Crippen LogP contribution in [0.2, 0.25) is 0 Å². The largest absolute Gasteiger partial charge is 0.503 e. The van der Waals surface area contributed by atoms with E-state index in [2.05, 4.69) is 91.9 Å². The number of rotatable bonds is 4. The normalized spacial score (nSPS) is 10.5. The highest BCUT2D eigenvalue weighted by Crippen LogP contribution is 2.33. The minimum Gasteiger partial charge on any atom is -0.396 e. The summed E-state index contributed by atoms with van der Waals surface area (Å²) in [7, 11) is -0.473. The van der Waals surface area contributed by atoms with Gasteiger partial charge in [-0.3, -0.25) is 0 Å². The molecule has 0 aromatic heterocycles. The van der Waals surface area contributed by atoms with E-state index in [-0.39, 0.29) is 0 Å². The highest BCUT2D eigenvalue weighted by molar-refractivity contribution is 7.79. The van der Waals surface area contributed by atoms with Gasteiger partial charge in [-0.25, -0.2) is 0 Å². The molecule has 0 spiro atoms. The van der Waals surface area contributed by atoms with E-state index < -0.39 is 29.0 Å². The van der Waals surface area contributed by atoms with Crippen LogP contribution in [-0.2, 0) is 6.42 Å². The van der Waals surface area contributed by atoms with Crippen molar-refractivity contribution in [2.24, 2.45) is 0 Å². The Bertz CT molecular complexity index is 709. The third-order valence-electron chi connectivity index (χ3n) is 3.64. The van der Waals surface area contributed by atoms with Crippen molar-refractivity contribution in [3.05, 3.63) is 90.5 Å². The van der Waals surface area contributed by atoms with Crippen LogP contribution in [0, 0.1) is 0 Å². The minimum atomic E-state index is -3.76. The molecule has 3 rings (SSSR count). The second kappa shape index (κ2) is 10.6. The molecule has 130 valence electrons. The van der Waals surface area contributed by atoms with Crippen molar-refractivity contribution in [1.82, 2.24) is 0 Å². The van der Waals surface area contributed by atoms with Crippen molar-refractivity contribution in [3.8, 4) is 0 Å². The first-order chi connectivity index (χ1) is 12.1. The van der Waals surface area contributed by atoms with E-state index in [1.807, 2.05) is 0 Å². The molecule has 3 aromatic carbocycles. The Morgan fingerprint density at radius 2 is 1.16 bits per heavy atom. The van der Waals surface area contributed by atoms with Crippen molar-refractivity contribution in [2.45, 2.75) is 13.3 Å². The van der Waals surface area contributed by atoms with Crippen LogP contribution in [0.15, 0.2) is 84.9 Å². The number of hydrogen-bond donors (Lipinski definition) is 1. The van der Waals surface area contributed by atoms with Crippen LogP contribution in [0.5, 0.6) is 0 Å². The zero-order valence-electron chi connectivity index (χ0n) is 13.9. The molecule has 3 aromatic rings. The molecule has 0 saturated carbocycles. The quantitative estimate of drug-likeness (QED) is 0.360. The van der Waals surface area contributed by atoms with Crippen LogP contribution >= 0.6 is 7.92 Å². The average molecular weight is 466 g/mol. The Labute approximate surface area is 158 Å². The molecule has 0 bridgehead atoms. The van der Waals surface area contributed by atoms with Crippen LogP contribution in [0.3, 0.4) is 0 Å². The fraction of sp³-hybridized carbons (Fsp3) is 0.100. The van der Waals surface area contributed by atoms with E-state index in [4.69, 9.17) is 10.3 Å². The second-order valence-electron chi connectivity index (χ2n) is 5.19. The van der Waals surface area contributed by atoms with E-state index in [0.717, 1.165) is 6.42 Å². The molecule has 0 fully saturated rings. The molecular formula is C20H20IO3P. The van der Waals surface area contributed by atoms with Gasteiger partial charge in [0.2, 0.25) is 0 Å².